The van der Waals surface area contributed by atoms with Crippen molar-refractivity contribution in [3.8, 4) is 17.0 Å². The third-order valence-electron chi connectivity index (χ3n) is 5.18. The molecule has 2 aromatic carbocycles. The monoisotopic (exact) mass is 441 g/mol. The second-order valence-corrected chi connectivity index (χ2v) is 8.84. The summed E-state index contributed by atoms with van der Waals surface area (Å²) in [6.45, 7) is 6.17. The number of fused-ring (bicyclic) bond motifs is 2. The Morgan fingerprint density at radius 1 is 1.03 bits per heavy atom. The van der Waals surface area contributed by atoms with Crippen LogP contribution in [-0.4, -0.2) is 31.0 Å². The Morgan fingerprint density at radius 3 is 2.78 bits per heavy atom. The molecule has 160 valence electrons. The molecule has 0 unspecified atom stereocenters. The van der Waals surface area contributed by atoms with E-state index in [0.717, 1.165) is 49.6 Å². The van der Waals surface area contributed by atoms with Crippen molar-refractivity contribution in [2.75, 3.05) is 0 Å². The lowest BCUT2D eigenvalue weighted by Crippen LogP contribution is -2.07. The highest BCUT2D eigenvalue weighted by atomic mass is 32.2. The highest BCUT2D eigenvalue weighted by Crippen LogP contribution is 2.37. The Hall–Kier alpha value is -3.45. The van der Waals surface area contributed by atoms with Crippen molar-refractivity contribution in [3.63, 3.8) is 0 Å². The largest absolute Gasteiger partial charge is 0.490 e. The van der Waals surface area contributed by atoms with Crippen LogP contribution in [0.4, 0.5) is 0 Å². The van der Waals surface area contributed by atoms with Crippen molar-refractivity contribution in [1.29, 1.82) is 0 Å². The second-order valence-electron chi connectivity index (χ2n) is 7.87. The quantitative estimate of drug-likeness (QED) is 0.259. The van der Waals surface area contributed by atoms with Crippen LogP contribution >= 0.6 is 11.8 Å². The minimum atomic E-state index is 0.0749. The van der Waals surface area contributed by atoms with Crippen LogP contribution in [0, 0.1) is 6.92 Å². The standard InChI is InChI=1S/C25H23N5OS/c1-15(2)31-20-10-5-4-9-19(20)22-18(11-17-8-6-7-16(3)21(17)30-22)12-32-25-23-24(27-13-26-23)28-14-29-25/h4-11,13-15H,12H2,1-3H3,(H,26,27,28,29). The molecule has 1 N–H and O–H groups in total. The number of nitrogens with zero attached hydrogens (tertiary/aromatic N) is 4. The van der Waals surface area contributed by atoms with E-state index in [1.165, 1.54) is 0 Å². The van der Waals surface area contributed by atoms with Gasteiger partial charge in [-0.2, -0.15) is 0 Å². The number of rotatable bonds is 6. The highest BCUT2D eigenvalue weighted by Gasteiger charge is 2.17. The number of ether oxygens (including phenoxy) is 1. The Labute approximate surface area is 190 Å². The second kappa shape index (κ2) is 8.59. The van der Waals surface area contributed by atoms with Gasteiger partial charge in [0.05, 0.1) is 23.6 Å². The average molecular weight is 442 g/mol. The van der Waals surface area contributed by atoms with Gasteiger partial charge in [0.25, 0.3) is 0 Å². The van der Waals surface area contributed by atoms with Crippen LogP contribution in [0.3, 0.4) is 0 Å². The van der Waals surface area contributed by atoms with E-state index >= 15 is 0 Å². The summed E-state index contributed by atoms with van der Waals surface area (Å²) in [7, 11) is 0. The van der Waals surface area contributed by atoms with Crippen molar-refractivity contribution in [2.24, 2.45) is 0 Å². The van der Waals surface area contributed by atoms with Crippen LogP contribution < -0.4 is 4.74 Å². The summed E-state index contributed by atoms with van der Waals surface area (Å²) in [6, 6.07) is 16.6. The van der Waals surface area contributed by atoms with Gasteiger partial charge in [-0.05, 0) is 50.1 Å². The fourth-order valence-electron chi connectivity index (χ4n) is 3.75. The molecule has 0 aliphatic heterocycles. The maximum Gasteiger partial charge on any atom is 0.181 e. The average Bonchev–Trinajstić information content (AvgIpc) is 3.27. The number of aromatic nitrogens is 5. The van der Waals surface area contributed by atoms with Crippen molar-refractivity contribution < 1.29 is 4.74 Å². The zero-order valence-electron chi connectivity index (χ0n) is 18.2. The third-order valence-corrected chi connectivity index (χ3v) is 6.22. The first kappa shape index (κ1) is 20.5. The lowest BCUT2D eigenvalue weighted by atomic mass is 10.0. The summed E-state index contributed by atoms with van der Waals surface area (Å²) >= 11 is 1.65. The number of aryl methyl sites for hydroxylation is 1. The van der Waals surface area contributed by atoms with E-state index in [1.807, 2.05) is 32.0 Å². The minimum Gasteiger partial charge on any atom is -0.490 e. The molecule has 3 heterocycles. The smallest absolute Gasteiger partial charge is 0.181 e. The highest BCUT2D eigenvalue weighted by molar-refractivity contribution is 7.98. The molecule has 32 heavy (non-hydrogen) atoms. The van der Waals surface area contributed by atoms with Gasteiger partial charge in [-0.3, -0.25) is 0 Å². The van der Waals surface area contributed by atoms with E-state index in [2.05, 4.69) is 57.2 Å². The zero-order chi connectivity index (χ0) is 22.1. The maximum absolute atomic E-state index is 6.13. The Bertz CT molecular complexity index is 1410. The van der Waals surface area contributed by atoms with E-state index in [4.69, 9.17) is 9.72 Å². The SMILES string of the molecule is Cc1cccc2cc(CSc3ncnc4nc[nH]c34)c(-c3ccccc3OC(C)C)nc12. The van der Waals surface area contributed by atoms with E-state index in [9.17, 15) is 0 Å². The molecule has 5 aromatic rings. The van der Waals surface area contributed by atoms with Crippen LogP contribution in [0.5, 0.6) is 5.75 Å². The first-order valence-electron chi connectivity index (χ1n) is 10.5. The molecule has 6 nitrogen and oxygen atoms in total. The lowest BCUT2D eigenvalue weighted by Gasteiger charge is -2.17. The lowest BCUT2D eigenvalue weighted by molar-refractivity contribution is 0.243. The topological polar surface area (TPSA) is 76.6 Å². The van der Waals surface area contributed by atoms with Crippen LogP contribution in [0.25, 0.3) is 33.3 Å². The first-order chi connectivity index (χ1) is 15.6. The Kier molecular flexibility index (Phi) is 5.49. The molecule has 0 aliphatic carbocycles. The number of para-hydroxylation sites is 2. The van der Waals surface area contributed by atoms with Gasteiger partial charge in [0.1, 0.15) is 22.6 Å². The summed E-state index contributed by atoms with van der Waals surface area (Å²) in [5, 5.41) is 2.00. The minimum absolute atomic E-state index is 0.0749. The van der Waals surface area contributed by atoms with Gasteiger partial charge < -0.3 is 9.72 Å². The zero-order valence-corrected chi connectivity index (χ0v) is 19.0. The van der Waals surface area contributed by atoms with Gasteiger partial charge >= 0.3 is 0 Å². The number of nitrogens with one attached hydrogen (secondary N) is 1. The number of benzene rings is 2. The molecular formula is C25H23N5OS. The van der Waals surface area contributed by atoms with Gasteiger partial charge in [-0.25, -0.2) is 19.9 Å². The molecule has 3 aromatic heterocycles. The number of imidazole rings is 1. The Morgan fingerprint density at radius 2 is 1.91 bits per heavy atom. The van der Waals surface area contributed by atoms with Crippen LogP contribution in [-0.2, 0) is 5.75 Å². The van der Waals surface area contributed by atoms with Crippen molar-refractivity contribution in [2.45, 2.75) is 37.7 Å². The number of pyridine rings is 1. The van der Waals surface area contributed by atoms with E-state index < -0.39 is 0 Å². The van der Waals surface area contributed by atoms with E-state index in [0.29, 0.717) is 11.4 Å². The predicted molar refractivity (Wildman–Crippen MR) is 129 cm³/mol. The summed E-state index contributed by atoms with van der Waals surface area (Å²) in [5.41, 5.74) is 6.74. The van der Waals surface area contributed by atoms with Crippen LogP contribution in [0.2, 0.25) is 0 Å². The molecule has 5 rings (SSSR count). The van der Waals surface area contributed by atoms with Crippen molar-refractivity contribution in [3.05, 3.63) is 72.3 Å². The number of H-pyrrole nitrogens is 1. The van der Waals surface area contributed by atoms with E-state index in [-0.39, 0.29) is 6.10 Å². The number of hydrogen-bond donors (Lipinski definition) is 1. The summed E-state index contributed by atoms with van der Waals surface area (Å²) in [5.74, 6) is 1.54. The van der Waals surface area contributed by atoms with E-state index in [1.54, 1.807) is 24.4 Å². The third kappa shape index (κ3) is 3.91. The Balaban J connectivity index is 1.62. The van der Waals surface area contributed by atoms with Gasteiger partial charge in [0.2, 0.25) is 0 Å². The number of thioether (sulfide) groups is 1. The van der Waals surface area contributed by atoms with Gasteiger partial charge in [0.15, 0.2) is 5.65 Å². The molecule has 0 saturated carbocycles. The fraction of sp³-hybridized carbons (Fsp3) is 0.200. The maximum atomic E-state index is 6.13. The number of hydrogen-bond acceptors (Lipinski definition) is 6. The predicted octanol–water partition coefficient (Wildman–Crippen LogP) is 5.96. The summed E-state index contributed by atoms with van der Waals surface area (Å²) in [6.07, 6.45) is 3.28. The molecule has 0 spiro atoms. The van der Waals surface area contributed by atoms with Crippen LogP contribution in [0.15, 0.2) is 66.2 Å². The molecule has 0 atom stereocenters. The summed E-state index contributed by atoms with van der Waals surface area (Å²) < 4.78 is 6.13. The molecular weight excluding hydrogens is 418 g/mol. The molecule has 7 heteroatoms. The van der Waals surface area contributed by atoms with Crippen molar-refractivity contribution >= 4 is 33.8 Å². The van der Waals surface area contributed by atoms with Crippen LogP contribution in [0.1, 0.15) is 25.0 Å². The first-order valence-corrected chi connectivity index (χ1v) is 11.5. The molecule has 0 fully saturated rings. The fourth-order valence-corrected chi connectivity index (χ4v) is 4.68. The normalized spacial score (nSPS) is 11.5. The van der Waals surface area contributed by atoms with Gasteiger partial charge in [0, 0.05) is 16.7 Å². The van der Waals surface area contributed by atoms with Crippen molar-refractivity contribution in [1.82, 2.24) is 24.9 Å². The molecule has 0 aliphatic rings. The molecule has 0 radical (unpaired) electrons. The molecule has 0 saturated heterocycles. The number of aromatic amines is 1. The summed E-state index contributed by atoms with van der Waals surface area (Å²) in [4.78, 5) is 21.2. The molecule has 0 bridgehead atoms. The van der Waals surface area contributed by atoms with Gasteiger partial charge in [-0.1, -0.05) is 42.1 Å². The molecule has 0 amide bonds. The van der Waals surface area contributed by atoms with Gasteiger partial charge in [-0.15, -0.1) is 0 Å².